The molecule has 2 aromatic carbocycles. The summed E-state index contributed by atoms with van der Waals surface area (Å²) in [4.78, 5) is 46.7. The van der Waals surface area contributed by atoms with Gasteiger partial charge in [-0.05, 0) is 56.3 Å². The molecule has 0 saturated carbocycles. The fourth-order valence-corrected chi connectivity index (χ4v) is 2.34. The number of benzene rings is 2. The number of carbonyl (C=O) groups is 4. The van der Waals surface area contributed by atoms with Crippen LogP contribution in [0.15, 0.2) is 60.2 Å². The largest absolute Gasteiger partial charge is 0.326 e. The van der Waals surface area contributed by atoms with Crippen molar-refractivity contribution in [3.63, 3.8) is 0 Å². The zero-order valence-corrected chi connectivity index (χ0v) is 15.8. The molecule has 0 unspecified atom stereocenters. The molecule has 0 aliphatic carbocycles. The number of amides is 3. The Morgan fingerprint density at radius 2 is 1.36 bits per heavy atom. The second-order valence-corrected chi connectivity index (χ2v) is 6.17. The van der Waals surface area contributed by atoms with Gasteiger partial charge in [-0.15, -0.1) is 0 Å². The average molecular weight is 379 g/mol. The molecule has 0 aromatic heterocycles. The summed E-state index contributed by atoms with van der Waals surface area (Å²) in [6.07, 6.45) is 1.19. The van der Waals surface area contributed by atoms with Gasteiger partial charge in [0.15, 0.2) is 5.78 Å². The molecule has 0 saturated heterocycles. The standard InChI is InChI=1S/C21H21N3O4/c1-13(11-20(27)23-17-9-7-16(8-10-17)14(2)25)21(28)24-19-6-4-5-18(12-19)22-15(3)26/h4-12H,1-3H3,(H,22,26)(H,23,27)(H,24,28)/b13-11-. The van der Waals surface area contributed by atoms with Gasteiger partial charge in [-0.1, -0.05) is 6.07 Å². The Morgan fingerprint density at radius 3 is 1.93 bits per heavy atom. The number of hydrogen-bond acceptors (Lipinski definition) is 4. The van der Waals surface area contributed by atoms with Crippen molar-refractivity contribution >= 4 is 40.6 Å². The molecule has 28 heavy (non-hydrogen) atoms. The molecular formula is C21H21N3O4. The number of hydrogen-bond donors (Lipinski definition) is 3. The molecule has 2 aromatic rings. The van der Waals surface area contributed by atoms with Crippen LogP contribution >= 0.6 is 0 Å². The summed E-state index contributed by atoms with van der Waals surface area (Å²) in [7, 11) is 0. The highest BCUT2D eigenvalue weighted by molar-refractivity contribution is 6.10. The van der Waals surface area contributed by atoms with Crippen molar-refractivity contribution in [2.24, 2.45) is 0 Å². The SMILES string of the molecule is CC(=O)Nc1cccc(NC(=O)/C(C)=C\C(=O)Nc2ccc(C(C)=O)cc2)c1. The molecule has 0 spiro atoms. The number of anilines is 3. The average Bonchev–Trinajstić information content (AvgIpc) is 2.61. The highest BCUT2D eigenvalue weighted by atomic mass is 16.2. The Morgan fingerprint density at radius 1 is 0.750 bits per heavy atom. The van der Waals surface area contributed by atoms with Gasteiger partial charge >= 0.3 is 0 Å². The third-order valence-corrected chi connectivity index (χ3v) is 3.71. The minimum absolute atomic E-state index is 0.0622. The highest BCUT2D eigenvalue weighted by Crippen LogP contribution is 2.16. The van der Waals surface area contributed by atoms with Crippen molar-refractivity contribution in [3.05, 3.63) is 65.7 Å². The predicted molar refractivity (Wildman–Crippen MR) is 108 cm³/mol. The molecule has 3 amide bonds. The Bertz CT molecular complexity index is 946. The van der Waals surface area contributed by atoms with Crippen molar-refractivity contribution in [3.8, 4) is 0 Å². The molecule has 3 N–H and O–H groups in total. The summed E-state index contributed by atoms with van der Waals surface area (Å²) in [5, 5.41) is 7.93. The zero-order chi connectivity index (χ0) is 20.7. The van der Waals surface area contributed by atoms with E-state index in [4.69, 9.17) is 0 Å². The van der Waals surface area contributed by atoms with E-state index in [1.807, 2.05) is 0 Å². The summed E-state index contributed by atoms with van der Waals surface area (Å²) in [5.41, 5.74) is 2.32. The Balaban J connectivity index is 1.99. The van der Waals surface area contributed by atoms with Crippen molar-refractivity contribution < 1.29 is 19.2 Å². The number of rotatable bonds is 6. The molecule has 0 heterocycles. The molecule has 144 valence electrons. The van der Waals surface area contributed by atoms with E-state index < -0.39 is 11.8 Å². The van der Waals surface area contributed by atoms with Gasteiger partial charge in [0.25, 0.3) is 5.91 Å². The van der Waals surface area contributed by atoms with Gasteiger partial charge in [-0.2, -0.15) is 0 Å². The first-order valence-corrected chi connectivity index (χ1v) is 8.54. The molecule has 7 heteroatoms. The van der Waals surface area contributed by atoms with Crippen molar-refractivity contribution in [1.29, 1.82) is 0 Å². The smallest absolute Gasteiger partial charge is 0.251 e. The van der Waals surface area contributed by atoms with E-state index in [0.717, 1.165) is 0 Å². The third-order valence-electron chi connectivity index (χ3n) is 3.71. The topological polar surface area (TPSA) is 104 Å². The first-order valence-electron chi connectivity index (χ1n) is 8.54. The van der Waals surface area contributed by atoms with Crippen molar-refractivity contribution in [1.82, 2.24) is 0 Å². The Labute approximate surface area is 162 Å². The second kappa shape index (κ2) is 9.27. The minimum atomic E-state index is -0.463. The molecule has 0 atom stereocenters. The summed E-state index contributed by atoms with van der Waals surface area (Å²) in [6.45, 7) is 4.38. The van der Waals surface area contributed by atoms with Gasteiger partial charge < -0.3 is 16.0 Å². The quantitative estimate of drug-likeness (QED) is 0.529. The lowest BCUT2D eigenvalue weighted by Crippen LogP contribution is -2.16. The summed E-state index contributed by atoms with van der Waals surface area (Å²) < 4.78 is 0. The maximum Gasteiger partial charge on any atom is 0.251 e. The maximum atomic E-state index is 12.3. The molecule has 0 fully saturated rings. The highest BCUT2D eigenvalue weighted by Gasteiger charge is 2.09. The Hall–Kier alpha value is -3.74. The van der Waals surface area contributed by atoms with Crippen LogP contribution in [-0.4, -0.2) is 23.5 Å². The van der Waals surface area contributed by atoms with E-state index in [-0.39, 0.29) is 17.3 Å². The van der Waals surface area contributed by atoms with E-state index in [9.17, 15) is 19.2 Å². The normalized spacial score (nSPS) is 10.8. The van der Waals surface area contributed by atoms with Crippen molar-refractivity contribution in [2.45, 2.75) is 20.8 Å². The van der Waals surface area contributed by atoms with E-state index in [1.54, 1.807) is 48.5 Å². The summed E-state index contributed by atoms with van der Waals surface area (Å²) in [5.74, 6) is -1.18. The van der Waals surface area contributed by atoms with E-state index in [2.05, 4.69) is 16.0 Å². The fourth-order valence-electron chi connectivity index (χ4n) is 2.34. The number of ketones is 1. The monoisotopic (exact) mass is 379 g/mol. The van der Waals surface area contributed by atoms with E-state index in [0.29, 0.717) is 22.6 Å². The van der Waals surface area contributed by atoms with Crippen LogP contribution < -0.4 is 16.0 Å². The maximum absolute atomic E-state index is 12.3. The van der Waals surface area contributed by atoms with Gasteiger partial charge in [0.1, 0.15) is 0 Å². The first-order chi connectivity index (χ1) is 13.2. The summed E-state index contributed by atoms with van der Waals surface area (Å²) >= 11 is 0. The van der Waals surface area contributed by atoms with Crippen LogP contribution in [-0.2, 0) is 14.4 Å². The van der Waals surface area contributed by atoms with Gasteiger partial charge in [-0.25, -0.2) is 0 Å². The first kappa shape index (κ1) is 20.6. The van der Waals surface area contributed by atoms with Crippen LogP contribution in [0, 0.1) is 0 Å². The van der Waals surface area contributed by atoms with Crippen LogP contribution in [0.2, 0.25) is 0 Å². The second-order valence-electron chi connectivity index (χ2n) is 6.17. The number of nitrogens with one attached hydrogen (secondary N) is 3. The van der Waals surface area contributed by atoms with Crippen LogP contribution in [0.25, 0.3) is 0 Å². The van der Waals surface area contributed by atoms with Crippen LogP contribution in [0.4, 0.5) is 17.1 Å². The summed E-state index contributed by atoms with van der Waals surface area (Å²) in [6, 6.07) is 13.1. The molecular weight excluding hydrogens is 358 g/mol. The van der Waals surface area contributed by atoms with Crippen LogP contribution in [0.5, 0.6) is 0 Å². The lowest BCUT2D eigenvalue weighted by Gasteiger charge is -2.08. The lowest BCUT2D eigenvalue weighted by molar-refractivity contribution is -0.114. The molecule has 7 nitrogen and oxygen atoms in total. The van der Waals surface area contributed by atoms with Gasteiger partial charge in [0.05, 0.1) is 0 Å². The molecule has 0 radical (unpaired) electrons. The van der Waals surface area contributed by atoms with Crippen LogP contribution in [0.3, 0.4) is 0 Å². The van der Waals surface area contributed by atoms with Gasteiger partial charge in [0, 0.05) is 41.2 Å². The Kier molecular flexibility index (Phi) is 6.81. The molecule has 0 aliphatic rings. The van der Waals surface area contributed by atoms with Gasteiger partial charge in [0.2, 0.25) is 11.8 Å². The minimum Gasteiger partial charge on any atom is -0.326 e. The van der Waals surface area contributed by atoms with E-state index >= 15 is 0 Å². The lowest BCUT2D eigenvalue weighted by atomic mass is 10.1. The molecule has 0 bridgehead atoms. The molecule has 0 aliphatic heterocycles. The molecule has 2 rings (SSSR count). The third kappa shape index (κ3) is 6.21. The van der Waals surface area contributed by atoms with Gasteiger partial charge in [-0.3, -0.25) is 19.2 Å². The zero-order valence-electron chi connectivity index (χ0n) is 15.8. The number of Topliss-reactive ketones (excluding diaryl/α,β-unsaturated/α-hetero) is 1. The van der Waals surface area contributed by atoms with E-state index in [1.165, 1.54) is 26.8 Å². The fraction of sp³-hybridized carbons (Fsp3) is 0.143. The predicted octanol–water partition coefficient (Wildman–Crippen LogP) is 3.37. The number of carbonyl (C=O) groups excluding carboxylic acids is 4. The van der Waals surface area contributed by atoms with Crippen LogP contribution in [0.1, 0.15) is 31.1 Å². The van der Waals surface area contributed by atoms with Crippen molar-refractivity contribution in [2.75, 3.05) is 16.0 Å².